The van der Waals surface area contributed by atoms with Crippen molar-refractivity contribution in [3.05, 3.63) is 122 Å². The van der Waals surface area contributed by atoms with Crippen molar-refractivity contribution >= 4 is 75.3 Å². The zero-order chi connectivity index (χ0) is 25.5. The summed E-state index contributed by atoms with van der Waals surface area (Å²) < 4.78 is 6.95. The molecule has 0 fully saturated rings. The lowest BCUT2D eigenvalue weighted by atomic mass is 10.2. The third-order valence-corrected chi connectivity index (χ3v) is 9.00. The predicted octanol–water partition coefficient (Wildman–Crippen LogP) is 9.04. The SMILES string of the molecule is c1ccc2c(c1)c1ccccc1n2-c1ccc2sc3c(-n4c5ccccc5c5ccccc54)ncnc3c2c1. The normalized spacial score (nSPS) is 12.1. The summed E-state index contributed by atoms with van der Waals surface area (Å²) in [7, 11) is 0. The number of para-hydroxylation sites is 4. The Kier molecular flexibility index (Phi) is 4.18. The number of fused-ring (bicyclic) bond motifs is 9. The molecule has 0 unspecified atom stereocenters. The minimum absolute atomic E-state index is 0.928. The first kappa shape index (κ1) is 21.0. The van der Waals surface area contributed by atoms with E-state index < -0.39 is 0 Å². The molecule has 5 aromatic carbocycles. The molecule has 0 spiro atoms. The number of benzene rings is 5. The second-order valence-corrected chi connectivity index (χ2v) is 10.9. The van der Waals surface area contributed by atoms with Crippen molar-refractivity contribution in [1.82, 2.24) is 19.1 Å². The molecule has 0 N–H and O–H groups in total. The summed E-state index contributed by atoms with van der Waals surface area (Å²) in [5, 5.41) is 6.14. The lowest BCUT2D eigenvalue weighted by Crippen LogP contribution is -1.98. The van der Waals surface area contributed by atoms with Crippen molar-refractivity contribution < 1.29 is 0 Å². The highest BCUT2D eigenvalue weighted by Crippen LogP contribution is 2.40. The molecule has 182 valence electrons. The molecule has 4 heterocycles. The Morgan fingerprint density at radius 3 is 1.56 bits per heavy atom. The molecule has 0 saturated carbocycles. The summed E-state index contributed by atoms with van der Waals surface area (Å²) in [4.78, 5) is 9.68. The number of nitrogens with zero attached hydrogens (tertiary/aromatic N) is 4. The van der Waals surface area contributed by atoms with Gasteiger partial charge in [-0.2, -0.15) is 0 Å². The molecule has 9 rings (SSSR count). The first-order valence-corrected chi connectivity index (χ1v) is 13.8. The van der Waals surface area contributed by atoms with Gasteiger partial charge >= 0.3 is 0 Å². The van der Waals surface area contributed by atoms with Gasteiger partial charge in [-0.05, 0) is 42.5 Å². The van der Waals surface area contributed by atoms with Crippen molar-refractivity contribution in [2.75, 3.05) is 0 Å². The molecule has 9 aromatic rings. The van der Waals surface area contributed by atoms with Gasteiger partial charge in [-0.1, -0.05) is 72.8 Å². The fourth-order valence-corrected chi connectivity index (χ4v) is 7.32. The number of hydrogen-bond acceptors (Lipinski definition) is 3. The van der Waals surface area contributed by atoms with Gasteiger partial charge in [0, 0.05) is 37.3 Å². The van der Waals surface area contributed by atoms with Crippen LogP contribution in [0.3, 0.4) is 0 Å². The zero-order valence-corrected chi connectivity index (χ0v) is 21.6. The van der Waals surface area contributed by atoms with Crippen LogP contribution in [0.15, 0.2) is 122 Å². The molecular weight excluding hydrogens is 496 g/mol. The molecular formula is C34H20N4S. The molecule has 39 heavy (non-hydrogen) atoms. The van der Waals surface area contributed by atoms with Crippen LogP contribution >= 0.6 is 11.3 Å². The smallest absolute Gasteiger partial charge is 0.159 e. The molecule has 4 aromatic heterocycles. The maximum Gasteiger partial charge on any atom is 0.159 e. The fourth-order valence-electron chi connectivity index (χ4n) is 6.20. The molecule has 0 atom stereocenters. The van der Waals surface area contributed by atoms with E-state index in [-0.39, 0.29) is 0 Å². The van der Waals surface area contributed by atoms with E-state index in [1.165, 1.54) is 37.3 Å². The average Bonchev–Trinajstić information content (AvgIpc) is 3.65. The Morgan fingerprint density at radius 2 is 1.00 bits per heavy atom. The Balaban J connectivity index is 1.34. The first-order valence-electron chi connectivity index (χ1n) is 13.0. The lowest BCUT2D eigenvalue weighted by Gasteiger charge is -2.08. The van der Waals surface area contributed by atoms with Crippen molar-refractivity contribution in [1.29, 1.82) is 0 Å². The van der Waals surface area contributed by atoms with Crippen LogP contribution in [0, 0.1) is 0 Å². The Labute approximate surface area is 227 Å². The predicted molar refractivity (Wildman–Crippen MR) is 164 cm³/mol. The highest BCUT2D eigenvalue weighted by Gasteiger charge is 2.19. The van der Waals surface area contributed by atoms with E-state index >= 15 is 0 Å². The van der Waals surface area contributed by atoms with Gasteiger partial charge in [0.1, 0.15) is 6.33 Å². The van der Waals surface area contributed by atoms with Gasteiger partial charge in [0.05, 0.1) is 32.3 Å². The summed E-state index contributed by atoms with van der Waals surface area (Å²) in [6.45, 7) is 0. The largest absolute Gasteiger partial charge is 0.309 e. The molecule has 0 amide bonds. The second-order valence-electron chi connectivity index (χ2n) is 9.90. The van der Waals surface area contributed by atoms with Crippen molar-refractivity contribution in [2.45, 2.75) is 0 Å². The number of hydrogen-bond donors (Lipinski definition) is 0. The van der Waals surface area contributed by atoms with Gasteiger partial charge in [-0.15, -0.1) is 11.3 Å². The van der Waals surface area contributed by atoms with E-state index in [4.69, 9.17) is 9.97 Å². The maximum absolute atomic E-state index is 4.86. The lowest BCUT2D eigenvalue weighted by molar-refractivity contribution is 1.08. The van der Waals surface area contributed by atoms with E-state index in [9.17, 15) is 0 Å². The van der Waals surface area contributed by atoms with Gasteiger partial charge in [-0.3, -0.25) is 4.57 Å². The minimum Gasteiger partial charge on any atom is -0.309 e. The van der Waals surface area contributed by atoms with E-state index in [2.05, 4.69) is 124 Å². The van der Waals surface area contributed by atoms with E-state index in [0.717, 1.165) is 38.1 Å². The standard InChI is InChI=1S/C34H20N4S/c1-5-13-27-22(9-1)23-10-2-6-14-28(23)37(27)21-17-18-31-26(19-21)32-33(39-31)34(36-20-35-32)38-29-15-7-3-11-24(29)25-12-4-8-16-30(25)38/h1-20H. The van der Waals surface area contributed by atoms with Gasteiger partial charge in [0.25, 0.3) is 0 Å². The zero-order valence-electron chi connectivity index (χ0n) is 20.7. The van der Waals surface area contributed by atoms with Crippen LogP contribution in [-0.4, -0.2) is 19.1 Å². The first-order chi connectivity index (χ1) is 19.4. The highest BCUT2D eigenvalue weighted by molar-refractivity contribution is 7.26. The molecule has 0 saturated heterocycles. The van der Waals surface area contributed by atoms with Crippen LogP contribution in [0.2, 0.25) is 0 Å². The molecule has 0 aliphatic heterocycles. The highest BCUT2D eigenvalue weighted by atomic mass is 32.1. The number of thiophene rings is 1. The van der Waals surface area contributed by atoms with Crippen LogP contribution in [0.5, 0.6) is 0 Å². The molecule has 4 nitrogen and oxygen atoms in total. The van der Waals surface area contributed by atoms with E-state index in [1.807, 2.05) is 0 Å². The monoisotopic (exact) mass is 516 g/mol. The second kappa shape index (κ2) is 7.76. The summed E-state index contributed by atoms with van der Waals surface area (Å²) in [6, 6.07) is 41.1. The summed E-state index contributed by atoms with van der Waals surface area (Å²) in [6.07, 6.45) is 1.71. The van der Waals surface area contributed by atoms with Crippen LogP contribution in [0.4, 0.5) is 0 Å². The summed E-state index contributed by atoms with van der Waals surface area (Å²) >= 11 is 1.76. The van der Waals surface area contributed by atoms with E-state index in [1.54, 1.807) is 17.7 Å². The molecule has 5 heteroatoms. The summed E-state index contributed by atoms with van der Waals surface area (Å²) in [5.74, 6) is 0.928. The van der Waals surface area contributed by atoms with Crippen LogP contribution < -0.4 is 0 Å². The molecule has 0 radical (unpaired) electrons. The van der Waals surface area contributed by atoms with E-state index in [0.29, 0.717) is 0 Å². The maximum atomic E-state index is 4.86. The topological polar surface area (TPSA) is 35.6 Å². The fraction of sp³-hybridized carbons (Fsp3) is 0. The third kappa shape index (κ3) is 2.82. The molecule has 0 bridgehead atoms. The third-order valence-electron chi connectivity index (χ3n) is 7.85. The Morgan fingerprint density at radius 1 is 0.487 bits per heavy atom. The van der Waals surface area contributed by atoms with Crippen LogP contribution in [0.25, 0.3) is 75.4 Å². The van der Waals surface area contributed by atoms with Crippen LogP contribution in [-0.2, 0) is 0 Å². The van der Waals surface area contributed by atoms with Gasteiger partial charge in [-0.25, -0.2) is 9.97 Å². The molecule has 0 aliphatic rings. The summed E-state index contributed by atoms with van der Waals surface area (Å²) in [5.41, 5.74) is 6.85. The Hall–Kier alpha value is -5.00. The Bertz CT molecular complexity index is 2300. The van der Waals surface area contributed by atoms with Crippen molar-refractivity contribution in [3.63, 3.8) is 0 Å². The van der Waals surface area contributed by atoms with Gasteiger partial charge < -0.3 is 4.57 Å². The van der Waals surface area contributed by atoms with Gasteiger partial charge in [0.2, 0.25) is 0 Å². The average molecular weight is 517 g/mol. The minimum atomic E-state index is 0.928. The van der Waals surface area contributed by atoms with Gasteiger partial charge in [0.15, 0.2) is 5.82 Å². The quantitative estimate of drug-likeness (QED) is 0.230. The molecule has 0 aliphatic carbocycles. The van der Waals surface area contributed by atoms with Crippen LogP contribution in [0.1, 0.15) is 0 Å². The number of rotatable bonds is 2. The number of aromatic nitrogens is 4. The van der Waals surface area contributed by atoms with Crippen molar-refractivity contribution in [2.24, 2.45) is 0 Å². The van der Waals surface area contributed by atoms with Crippen molar-refractivity contribution in [3.8, 4) is 11.5 Å².